The van der Waals surface area contributed by atoms with Crippen LogP contribution in [0.5, 0.6) is 0 Å². The maximum atomic E-state index is 12.9. The van der Waals surface area contributed by atoms with Gasteiger partial charge >= 0.3 is 5.97 Å². The first-order chi connectivity index (χ1) is 16.0. The van der Waals surface area contributed by atoms with Crippen LogP contribution in [0.2, 0.25) is 0 Å². The summed E-state index contributed by atoms with van der Waals surface area (Å²) in [7, 11) is 1.33. The van der Waals surface area contributed by atoms with Crippen molar-refractivity contribution in [3.8, 4) is 11.1 Å². The number of carbonyl (C=O) groups excluding carboxylic acids is 2. The molecule has 0 radical (unpaired) electrons. The summed E-state index contributed by atoms with van der Waals surface area (Å²) >= 11 is 2.96. The van der Waals surface area contributed by atoms with E-state index in [4.69, 9.17) is 4.74 Å². The minimum atomic E-state index is -0.450. The Morgan fingerprint density at radius 3 is 2.67 bits per heavy atom. The van der Waals surface area contributed by atoms with Gasteiger partial charge in [0.05, 0.1) is 23.3 Å². The largest absolute Gasteiger partial charge is 0.465 e. The van der Waals surface area contributed by atoms with E-state index in [0.717, 1.165) is 32.8 Å². The van der Waals surface area contributed by atoms with Crippen molar-refractivity contribution in [2.45, 2.75) is 30.5 Å². The van der Waals surface area contributed by atoms with Crippen LogP contribution in [0.25, 0.3) is 21.3 Å². The highest BCUT2D eigenvalue weighted by molar-refractivity contribution is 8.00. The maximum Gasteiger partial charge on any atom is 0.337 e. The SMILES string of the molecule is CCc1ccc(-c2csc3ncnc(SC(C)C(=O)Nc4cccc(C(=O)OC)c4)c23)cc1. The number of thioether (sulfide) groups is 1. The smallest absolute Gasteiger partial charge is 0.337 e. The zero-order valence-electron chi connectivity index (χ0n) is 18.5. The maximum absolute atomic E-state index is 12.9. The van der Waals surface area contributed by atoms with Crippen LogP contribution in [0.1, 0.15) is 29.8 Å². The second-order valence-corrected chi connectivity index (χ2v) is 9.57. The van der Waals surface area contributed by atoms with Crippen LogP contribution in [0.15, 0.2) is 65.3 Å². The Balaban J connectivity index is 1.56. The highest BCUT2D eigenvalue weighted by atomic mass is 32.2. The minimum Gasteiger partial charge on any atom is -0.465 e. The van der Waals surface area contributed by atoms with Crippen molar-refractivity contribution in [1.29, 1.82) is 0 Å². The quantitative estimate of drug-likeness (QED) is 0.205. The molecule has 4 aromatic rings. The monoisotopic (exact) mass is 477 g/mol. The van der Waals surface area contributed by atoms with Gasteiger partial charge in [0.25, 0.3) is 0 Å². The van der Waals surface area contributed by atoms with E-state index in [1.807, 2.05) is 6.92 Å². The molecule has 2 aromatic heterocycles. The average Bonchev–Trinajstić information content (AvgIpc) is 3.29. The fraction of sp³-hybridized carbons (Fsp3) is 0.200. The molecule has 1 N–H and O–H groups in total. The molecular formula is C25H23N3O3S2. The van der Waals surface area contributed by atoms with Crippen molar-refractivity contribution in [2.75, 3.05) is 12.4 Å². The Morgan fingerprint density at radius 1 is 1.15 bits per heavy atom. The molecular weight excluding hydrogens is 454 g/mol. The van der Waals surface area contributed by atoms with Crippen LogP contribution >= 0.6 is 23.1 Å². The molecule has 0 aliphatic rings. The van der Waals surface area contributed by atoms with Crippen LogP contribution in [0, 0.1) is 0 Å². The standard InChI is InChI=1S/C25H23N3O3S2/c1-4-16-8-10-17(11-9-16)20-13-32-23-21(20)24(27-14-26-23)33-15(2)22(29)28-19-7-5-6-18(12-19)25(30)31-3/h5-15H,4H2,1-3H3,(H,28,29). The highest BCUT2D eigenvalue weighted by Crippen LogP contribution is 2.39. The number of anilines is 1. The van der Waals surface area contributed by atoms with Crippen molar-refractivity contribution < 1.29 is 14.3 Å². The first-order valence-corrected chi connectivity index (χ1v) is 12.2. The molecule has 0 aliphatic heterocycles. The molecule has 2 aromatic carbocycles. The molecule has 0 fully saturated rings. The molecule has 0 saturated heterocycles. The number of amides is 1. The number of carbonyl (C=O) groups is 2. The van der Waals surface area contributed by atoms with E-state index in [1.165, 1.54) is 30.8 Å². The summed E-state index contributed by atoms with van der Waals surface area (Å²) < 4.78 is 4.75. The number of ether oxygens (including phenoxy) is 1. The second kappa shape index (κ2) is 10.1. The van der Waals surface area contributed by atoms with Gasteiger partial charge in [-0.25, -0.2) is 14.8 Å². The number of rotatable bonds is 7. The molecule has 0 aliphatic carbocycles. The van der Waals surface area contributed by atoms with Gasteiger partial charge in [0, 0.05) is 16.6 Å². The predicted octanol–water partition coefficient (Wildman–Crippen LogP) is 5.83. The third-order valence-electron chi connectivity index (χ3n) is 5.22. The molecule has 1 unspecified atom stereocenters. The van der Waals surface area contributed by atoms with Gasteiger partial charge in [-0.15, -0.1) is 11.3 Å². The third-order valence-corrected chi connectivity index (χ3v) is 7.20. The molecule has 1 atom stereocenters. The van der Waals surface area contributed by atoms with E-state index >= 15 is 0 Å². The Bertz CT molecular complexity index is 1300. The van der Waals surface area contributed by atoms with E-state index in [0.29, 0.717) is 11.3 Å². The lowest BCUT2D eigenvalue weighted by Crippen LogP contribution is -2.22. The van der Waals surface area contributed by atoms with E-state index in [2.05, 4.69) is 51.9 Å². The fourth-order valence-electron chi connectivity index (χ4n) is 3.38. The lowest BCUT2D eigenvalue weighted by molar-refractivity contribution is -0.115. The van der Waals surface area contributed by atoms with Gasteiger partial charge < -0.3 is 10.1 Å². The number of aromatic nitrogens is 2. The van der Waals surface area contributed by atoms with Crippen LogP contribution in [-0.2, 0) is 16.0 Å². The lowest BCUT2D eigenvalue weighted by Gasteiger charge is -2.13. The Kier molecular flexibility index (Phi) is 7.05. The second-order valence-electron chi connectivity index (χ2n) is 7.38. The van der Waals surface area contributed by atoms with Crippen molar-refractivity contribution in [2.24, 2.45) is 0 Å². The van der Waals surface area contributed by atoms with Gasteiger partial charge in [0.1, 0.15) is 16.2 Å². The Labute approximate surface area is 200 Å². The van der Waals surface area contributed by atoms with Gasteiger partial charge in [-0.3, -0.25) is 4.79 Å². The Hall–Kier alpha value is -3.23. The van der Waals surface area contributed by atoms with E-state index in [9.17, 15) is 9.59 Å². The molecule has 4 rings (SSSR count). The van der Waals surface area contributed by atoms with Crippen molar-refractivity contribution in [3.63, 3.8) is 0 Å². The molecule has 33 heavy (non-hydrogen) atoms. The molecule has 8 heteroatoms. The minimum absolute atomic E-state index is 0.183. The molecule has 6 nitrogen and oxygen atoms in total. The molecule has 0 saturated carbocycles. The summed E-state index contributed by atoms with van der Waals surface area (Å²) in [6, 6.07) is 15.2. The van der Waals surface area contributed by atoms with Crippen LogP contribution in [-0.4, -0.2) is 34.2 Å². The number of methoxy groups -OCH3 is 1. The van der Waals surface area contributed by atoms with Crippen molar-refractivity contribution in [1.82, 2.24) is 9.97 Å². The number of aryl methyl sites for hydroxylation is 1. The number of thiophene rings is 1. The summed E-state index contributed by atoms with van der Waals surface area (Å²) in [5, 5.41) is 6.28. The Morgan fingerprint density at radius 2 is 1.94 bits per heavy atom. The zero-order valence-corrected chi connectivity index (χ0v) is 20.1. The predicted molar refractivity (Wildman–Crippen MR) is 134 cm³/mol. The summed E-state index contributed by atoms with van der Waals surface area (Å²) in [5.74, 6) is -0.633. The van der Waals surface area contributed by atoms with E-state index in [1.54, 1.807) is 35.6 Å². The summed E-state index contributed by atoms with van der Waals surface area (Å²) in [6.07, 6.45) is 2.53. The van der Waals surface area contributed by atoms with Crippen molar-refractivity contribution >= 4 is 50.9 Å². The number of esters is 1. The molecule has 168 valence electrons. The van der Waals surface area contributed by atoms with Gasteiger partial charge in [0.2, 0.25) is 5.91 Å². The zero-order chi connectivity index (χ0) is 23.4. The van der Waals surface area contributed by atoms with Gasteiger partial charge in [-0.1, -0.05) is 49.0 Å². The molecule has 0 spiro atoms. The first kappa shape index (κ1) is 22.9. The number of hydrogen-bond donors (Lipinski definition) is 1. The topological polar surface area (TPSA) is 81.2 Å². The lowest BCUT2D eigenvalue weighted by atomic mass is 10.0. The number of nitrogens with one attached hydrogen (secondary N) is 1. The number of hydrogen-bond acceptors (Lipinski definition) is 7. The number of nitrogens with zero attached hydrogens (tertiary/aromatic N) is 2. The molecule has 1 amide bonds. The summed E-state index contributed by atoms with van der Waals surface area (Å²) in [6.45, 7) is 3.97. The van der Waals surface area contributed by atoms with Crippen LogP contribution in [0.3, 0.4) is 0 Å². The average molecular weight is 478 g/mol. The normalized spacial score (nSPS) is 11.8. The van der Waals surface area contributed by atoms with Gasteiger partial charge in [0.15, 0.2) is 0 Å². The number of fused-ring (bicyclic) bond motifs is 1. The van der Waals surface area contributed by atoms with Crippen LogP contribution in [0.4, 0.5) is 5.69 Å². The van der Waals surface area contributed by atoms with Crippen molar-refractivity contribution in [3.05, 3.63) is 71.4 Å². The molecule has 0 bridgehead atoms. The summed E-state index contributed by atoms with van der Waals surface area (Å²) in [5.41, 5.74) is 4.37. The van der Waals surface area contributed by atoms with Gasteiger partial charge in [-0.05, 0) is 42.7 Å². The fourth-order valence-corrected chi connectivity index (χ4v) is 5.29. The molecule has 2 heterocycles. The van der Waals surface area contributed by atoms with Crippen LogP contribution < -0.4 is 5.32 Å². The van der Waals surface area contributed by atoms with E-state index in [-0.39, 0.29) is 5.91 Å². The third kappa shape index (κ3) is 5.07. The highest BCUT2D eigenvalue weighted by Gasteiger charge is 2.20. The summed E-state index contributed by atoms with van der Waals surface area (Å²) in [4.78, 5) is 34.4. The van der Waals surface area contributed by atoms with Gasteiger partial charge in [-0.2, -0.15) is 0 Å². The van der Waals surface area contributed by atoms with E-state index < -0.39 is 11.2 Å². The first-order valence-electron chi connectivity index (χ1n) is 10.5. The number of benzene rings is 2.